The van der Waals surface area contributed by atoms with Crippen LogP contribution in [-0.2, 0) is 20.8 Å². The van der Waals surface area contributed by atoms with Gasteiger partial charge >= 0.3 is 24.3 Å². The maximum atomic E-state index is 13.1. The molecule has 2 aromatic carbocycles. The molecule has 0 saturated heterocycles. The molecule has 1 unspecified atom stereocenters. The third-order valence-corrected chi connectivity index (χ3v) is 5.96. The number of halogens is 6. The second-order valence-corrected chi connectivity index (χ2v) is 9.27. The molecule has 47 heavy (non-hydrogen) atoms. The summed E-state index contributed by atoms with van der Waals surface area (Å²) < 4.78 is 80.7. The molecule has 12 nitrogen and oxygen atoms in total. The predicted octanol–water partition coefficient (Wildman–Crippen LogP) is 5.73. The van der Waals surface area contributed by atoms with Gasteiger partial charge in [0.15, 0.2) is 5.75 Å². The van der Waals surface area contributed by atoms with Crippen LogP contribution in [0.4, 0.5) is 32.0 Å². The summed E-state index contributed by atoms with van der Waals surface area (Å²) in [4.78, 5) is 35.0. The van der Waals surface area contributed by atoms with Gasteiger partial charge in [0.05, 0.1) is 31.1 Å². The minimum absolute atomic E-state index is 0.143. The van der Waals surface area contributed by atoms with Crippen molar-refractivity contribution in [1.29, 1.82) is 0 Å². The maximum Gasteiger partial charge on any atom is 0.490 e. The lowest BCUT2D eigenvalue weighted by Crippen LogP contribution is -2.32. The molecule has 0 spiro atoms. The fraction of sp³-hybridized carbons (Fsp3) is 0.207. The van der Waals surface area contributed by atoms with Crippen molar-refractivity contribution in [3.63, 3.8) is 0 Å². The number of aromatic nitrogens is 3. The number of H-pyrrole nitrogens is 1. The first-order chi connectivity index (χ1) is 22.1. The zero-order chi connectivity index (χ0) is 34.8. The van der Waals surface area contributed by atoms with Crippen LogP contribution in [0, 0.1) is 5.92 Å². The number of benzene rings is 2. The molecule has 1 amide bonds. The minimum Gasteiger partial charge on any atom is -0.497 e. The summed E-state index contributed by atoms with van der Waals surface area (Å²) in [7, 11) is 1.62. The van der Waals surface area contributed by atoms with Crippen LogP contribution in [0.1, 0.15) is 5.56 Å². The largest absolute Gasteiger partial charge is 0.497 e. The van der Waals surface area contributed by atoms with Gasteiger partial charge in [-0.05, 0) is 60.0 Å². The Labute approximate surface area is 260 Å². The van der Waals surface area contributed by atoms with Crippen LogP contribution >= 0.6 is 0 Å². The summed E-state index contributed by atoms with van der Waals surface area (Å²) in [5.41, 5.74) is 3.33. The lowest BCUT2D eigenvalue weighted by atomic mass is 9.95. The summed E-state index contributed by atoms with van der Waals surface area (Å²) in [5, 5.41) is 24.1. The number of aliphatic carboxylic acids is 2. The van der Waals surface area contributed by atoms with Gasteiger partial charge in [-0.25, -0.2) is 9.59 Å². The highest BCUT2D eigenvalue weighted by Gasteiger charge is 2.39. The first-order valence-electron chi connectivity index (χ1n) is 13.0. The van der Waals surface area contributed by atoms with Crippen molar-refractivity contribution < 1.29 is 65.1 Å². The molecule has 0 bridgehead atoms. The molecule has 3 heterocycles. The van der Waals surface area contributed by atoms with Crippen LogP contribution in [0.5, 0.6) is 23.0 Å². The van der Waals surface area contributed by atoms with Gasteiger partial charge < -0.3 is 29.7 Å². The summed E-state index contributed by atoms with van der Waals surface area (Å²) in [6, 6.07) is 14.8. The van der Waals surface area contributed by atoms with Crippen LogP contribution in [0.15, 0.2) is 73.3 Å². The molecule has 1 atom stereocenters. The van der Waals surface area contributed by atoms with Crippen LogP contribution in [0.25, 0.3) is 11.1 Å². The summed E-state index contributed by atoms with van der Waals surface area (Å²) in [5.74, 6) is -3.40. The molecular formula is C29H24F6N4O8. The number of carbonyl (C=O) groups excluding carboxylic acids is 1. The van der Waals surface area contributed by atoms with Crippen molar-refractivity contribution >= 4 is 23.5 Å². The van der Waals surface area contributed by atoms with Gasteiger partial charge in [0.1, 0.15) is 23.9 Å². The number of rotatable bonds is 6. The fourth-order valence-corrected chi connectivity index (χ4v) is 3.73. The number of carboxylic acids is 2. The van der Waals surface area contributed by atoms with E-state index in [0.717, 1.165) is 28.2 Å². The number of pyridine rings is 1. The van der Waals surface area contributed by atoms with E-state index in [4.69, 9.17) is 34.0 Å². The van der Waals surface area contributed by atoms with E-state index >= 15 is 0 Å². The molecule has 18 heteroatoms. The molecule has 4 N–H and O–H groups in total. The van der Waals surface area contributed by atoms with Crippen LogP contribution in [0.2, 0.25) is 0 Å². The van der Waals surface area contributed by atoms with Gasteiger partial charge in [-0.1, -0.05) is 6.07 Å². The van der Waals surface area contributed by atoms with Gasteiger partial charge in [-0.3, -0.25) is 14.9 Å². The summed E-state index contributed by atoms with van der Waals surface area (Å²) in [6.07, 6.45) is -2.79. The highest BCUT2D eigenvalue weighted by Crippen LogP contribution is 2.35. The monoisotopic (exact) mass is 670 g/mol. The molecular weight excluding hydrogens is 646 g/mol. The van der Waals surface area contributed by atoms with E-state index in [0.29, 0.717) is 30.2 Å². The zero-order valence-electron chi connectivity index (χ0n) is 23.9. The first kappa shape index (κ1) is 35.7. The van der Waals surface area contributed by atoms with Crippen LogP contribution in [0.3, 0.4) is 0 Å². The van der Waals surface area contributed by atoms with Gasteiger partial charge in [0.25, 0.3) is 0 Å². The molecule has 2 aromatic heterocycles. The average Bonchev–Trinajstić information content (AvgIpc) is 3.57. The van der Waals surface area contributed by atoms with Crippen molar-refractivity contribution in [1.82, 2.24) is 15.2 Å². The Kier molecular flexibility index (Phi) is 11.7. The van der Waals surface area contributed by atoms with Gasteiger partial charge in [0, 0.05) is 18.0 Å². The minimum atomic E-state index is -5.08. The predicted molar refractivity (Wildman–Crippen MR) is 150 cm³/mol. The maximum absolute atomic E-state index is 13.1. The highest BCUT2D eigenvalue weighted by atomic mass is 19.4. The van der Waals surface area contributed by atoms with E-state index in [1.165, 1.54) is 0 Å². The lowest BCUT2D eigenvalue weighted by Gasteiger charge is -2.25. The smallest absolute Gasteiger partial charge is 0.490 e. The van der Waals surface area contributed by atoms with Gasteiger partial charge in [0.2, 0.25) is 5.91 Å². The molecule has 5 rings (SSSR count). The Bertz CT molecular complexity index is 1640. The molecule has 1 aliphatic rings. The van der Waals surface area contributed by atoms with Crippen molar-refractivity contribution in [2.75, 3.05) is 19.0 Å². The van der Waals surface area contributed by atoms with E-state index in [9.17, 15) is 31.1 Å². The molecule has 0 aliphatic carbocycles. The second-order valence-electron chi connectivity index (χ2n) is 9.27. The van der Waals surface area contributed by atoms with Crippen molar-refractivity contribution in [2.45, 2.75) is 18.8 Å². The SMILES string of the molecule is COc1ccc2c(c1)CC(C(=O)Nc1ccc(-c3cn[nH]c3)cc1Oc1cccnc1)CO2.O=C(O)C(F)(F)F.O=C(O)C(F)(F)F. The van der Waals surface area contributed by atoms with E-state index in [2.05, 4.69) is 20.5 Å². The summed E-state index contributed by atoms with van der Waals surface area (Å²) >= 11 is 0. The highest BCUT2D eigenvalue weighted by molar-refractivity contribution is 5.95. The molecule has 250 valence electrons. The van der Waals surface area contributed by atoms with E-state index < -0.39 is 24.3 Å². The topological polar surface area (TPSA) is 173 Å². The Balaban J connectivity index is 0.000000360. The van der Waals surface area contributed by atoms with E-state index in [-0.39, 0.29) is 11.8 Å². The fourth-order valence-electron chi connectivity index (χ4n) is 3.73. The van der Waals surface area contributed by atoms with Crippen molar-refractivity contribution in [3.05, 3.63) is 78.9 Å². The molecule has 0 radical (unpaired) electrons. The average molecular weight is 671 g/mol. The van der Waals surface area contributed by atoms with Crippen molar-refractivity contribution in [3.8, 4) is 34.1 Å². The number of ether oxygens (including phenoxy) is 3. The number of alkyl halides is 6. The molecule has 0 saturated carbocycles. The number of nitrogens with one attached hydrogen (secondary N) is 2. The number of anilines is 1. The number of methoxy groups -OCH3 is 1. The van der Waals surface area contributed by atoms with Gasteiger partial charge in [-0.2, -0.15) is 31.4 Å². The first-order valence-corrected chi connectivity index (χ1v) is 13.0. The normalized spacial score (nSPS) is 13.6. The van der Waals surface area contributed by atoms with E-state index in [1.807, 2.05) is 42.5 Å². The number of carboxylic acid groups (broad SMARTS) is 2. The summed E-state index contributed by atoms with van der Waals surface area (Å²) in [6.45, 7) is 0.303. The quantitative estimate of drug-likeness (QED) is 0.186. The number of hydrogen-bond donors (Lipinski definition) is 4. The Morgan fingerprint density at radius 3 is 2.17 bits per heavy atom. The number of fused-ring (bicyclic) bond motifs is 1. The number of nitrogens with zero attached hydrogens (tertiary/aromatic N) is 2. The van der Waals surface area contributed by atoms with Crippen LogP contribution < -0.4 is 19.5 Å². The third kappa shape index (κ3) is 10.6. The van der Waals surface area contributed by atoms with E-state index in [1.54, 1.807) is 38.0 Å². The number of aromatic amines is 1. The third-order valence-electron chi connectivity index (χ3n) is 5.96. The lowest BCUT2D eigenvalue weighted by molar-refractivity contribution is -0.193. The number of hydrogen-bond acceptors (Lipinski definition) is 8. The number of carbonyl (C=O) groups is 3. The van der Waals surface area contributed by atoms with Gasteiger partial charge in [-0.15, -0.1) is 0 Å². The zero-order valence-corrected chi connectivity index (χ0v) is 23.9. The number of amides is 1. The Morgan fingerprint density at radius 1 is 0.936 bits per heavy atom. The van der Waals surface area contributed by atoms with Crippen LogP contribution in [-0.4, -0.2) is 69.3 Å². The second kappa shape index (κ2) is 15.5. The molecule has 1 aliphatic heterocycles. The molecule has 4 aromatic rings. The standard InChI is InChI=1S/C25H22N4O4.2C2HF3O2/c1-31-20-5-7-23-17(10-20)9-18(15-32-23)25(30)29-22-6-4-16(19-12-27-28-13-19)11-24(22)33-21-3-2-8-26-14-21;2*3-2(4,5)1(6)7/h2-8,10-14,18H,9,15H2,1H3,(H,27,28)(H,29,30);2*(H,6,7). The Hall–Kier alpha value is -5.81. The van der Waals surface area contributed by atoms with Crippen molar-refractivity contribution in [2.24, 2.45) is 5.92 Å². The Morgan fingerprint density at radius 2 is 1.62 bits per heavy atom. The molecule has 0 fully saturated rings.